The first-order chi connectivity index (χ1) is 11.5. The van der Waals surface area contributed by atoms with Crippen molar-refractivity contribution in [2.75, 3.05) is 16.4 Å². The first-order valence-electron chi connectivity index (χ1n) is 8.34. The van der Waals surface area contributed by atoms with Crippen LogP contribution >= 0.6 is 11.8 Å². The van der Waals surface area contributed by atoms with Gasteiger partial charge < -0.3 is 4.90 Å². The first kappa shape index (κ1) is 18.5. The number of benzene rings is 1. The second kappa shape index (κ2) is 6.13. The van der Waals surface area contributed by atoms with E-state index in [0.29, 0.717) is 5.17 Å². The minimum atomic E-state index is -3.05. The summed E-state index contributed by atoms with van der Waals surface area (Å²) in [6.45, 7) is 9.54. The Morgan fingerprint density at radius 1 is 1.16 bits per heavy atom. The Labute approximate surface area is 153 Å². The highest BCUT2D eigenvalue weighted by molar-refractivity contribution is 8.16. The highest BCUT2D eigenvalue weighted by atomic mass is 32.2. The molecule has 3 rings (SSSR count). The van der Waals surface area contributed by atoms with E-state index in [9.17, 15) is 13.2 Å². The third-order valence-electron chi connectivity index (χ3n) is 4.39. The van der Waals surface area contributed by atoms with Crippen molar-refractivity contribution >= 4 is 38.4 Å². The Hall–Kier alpha value is -1.34. The van der Waals surface area contributed by atoms with Gasteiger partial charge in [-0.1, -0.05) is 38.6 Å². The van der Waals surface area contributed by atoms with Crippen LogP contribution in [-0.2, 0) is 14.6 Å². The number of aryl methyl sites for hydroxylation is 2. The summed E-state index contributed by atoms with van der Waals surface area (Å²) in [5, 5.41) is 0.548. The molecule has 2 saturated heterocycles. The number of sulfone groups is 1. The average Bonchev–Trinajstić information content (AvgIpc) is 2.87. The summed E-state index contributed by atoms with van der Waals surface area (Å²) in [5.74, 6) is 0.0689. The summed E-state index contributed by atoms with van der Waals surface area (Å²) in [7, 11) is -3.05. The molecule has 0 saturated carbocycles. The van der Waals surface area contributed by atoms with E-state index in [1.54, 1.807) is 0 Å². The molecular formula is C18H24N2O3S2. The number of hydrogen-bond acceptors (Lipinski definition) is 4. The minimum absolute atomic E-state index is 0.0719. The van der Waals surface area contributed by atoms with Gasteiger partial charge in [0, 0.05) is 16.4 Å². The summed E-state index contributed by atoms with van der Waals surface area (Å²) < 4.78 is 24.2. The predicted molar refractivity (Wildman–Crippen MR) is 104 cm³/mol. The van der Waals surface area contributed by atoms with Crippen LogP contribution in [0.4, 0.5) is 5.69 Å². The summed E-state index contributed by atoms with van der Waals surface area (Å²) in [6.07, 6.45) is 0. The van der Waals surface area contributed by atoms with Gasteiger partial charge in [0.25, 0.3) is 5.91 Å². The molecule has 1 amide bonds. The van der Waals surface area contributed by atoms with E-state index in [0.717, 1.165) is 16.8 Å². The molecule has 1 aromatic rings. The van der Waals surface area contributed by atoms with Gasteiger partial charge >= 0.3 is 0 Å². The zero-order valence-electron chi connectivity index (χ0n) is 15.2. The molecule has 0 spiro atoms. The average molecular weight is 381 g/mol. The summed E-state index contributed by atoms with van der Waals surface area (Å²) in [6, 6.07) is 5.96. The maximum absolute atomic E-state index is 12.4. The fourth-order valence-corrected chi connectivity index (χ4v) is 7.12. The number of amidine groups is 1. The van der Waals surface area contributed by atoms with E-state index >= 15 is 0 Å². The smallest absolute Gasteiger partial charge is 0.253 e. The van der Waals surface area contributed by atoms with Gasteiger partial charge in [0.05, 0.1) is 17.5 Å². The van der Waals surface area contributed by atoms with Gasteiger partial charge in [0.1, 0.15) is 0 Å². The molecule has 1 aromatic carbocycles. The number of fused-ring (bicyclic) bond motifs is 1. The summed E-state index contributed by atoms with van der Waals surface area (Å²) in [5.41, 5.74) is 2.55. The molecule has 0 bridgehead atoms. The predicted octanol–water partition coefficient (Wildman–Crippen LogP) is 2.95. The molecule has 7 heteroatoms. The number of anilines is 1. The van der Waals surface area contributed by atoms with Gasteiger partial charge in [0.15, 0.2) is 15.0 Å². The molecule has 25 heavy (non-hydrogen) atoms. The lowest BCUT2D eigenvalue weighted by Crippen LogP contribution is -2.38. The van der Waals surface area contributed by atoms with Crippen molar-refractivity contribution in [2.45, 2.75) is 45.9 Å². The fraction of sp³-hybridized carbons (Fsp3) is 0.556. The van der Waals surface area contributed by atoms with Gasteiger partial charge in [-0.05, 0) is 37.1 Å². The van der Waals surface area contributed by atoms with Gasteiger partial charge in [-0.2, -0.15) is 4.99 Å². The summed E-state index contributed by atoms with van der Waals surface area (Å²) in [4.78, 5) is 18.8. The molecule has 2 atom stereocenters. The topological polar surface area (TPSA) is 66.8 Å². The molecule has 0 aliphatic carbocycles. The van der Waals surface area contributed by atoms with E-state index < -0.39 is 15.3 Å². The first-order valence-corrected chi connectivity index (χ1v) is 11.0. The van der Waals surface area contributed by atoms with Crippen molar-refractivity contribution in [3.8, 4) is 0 Å². The lowest BCUT2D eigenvalue weighted by atomic mass is 9.96. The van der Waals surface area contributed by atoms with E-state index in [-0.39, 0.29) is 28.7 Å². The lowest BCUT2D eigenvalue weighted by molar-refractivity contribution is -0.124. The van der Waals surface area contributed by atoms with Crippen LogP contribution in [0.25, 0.3) is 0 Å². The van der Waals surface area contributed by atoms with Gasteiger partial charge in [-0.15, -0.1) is 0 Å². The molecule has 0 radical (unpaired) electrons. The largest absolute Gasteiger partial charge is 0.316 e. The minimum Gasteiger partial charge on any atom is -0.316 e. The zero-order valence-corrected chi connectivity index (χ0v) is 16.9. The normalized spacial score (nSPS) is 26.9. The number of rotatable bonds is 1. The fourth-order valence-electron chi connectivity index (χ4n) is 3.21. The zero-order chi connectivity index (χ0) is 18.6. The van der Waals surface area contributed by atoms with E-state index in [1.165, 1.54) is 11.8 Å². The van der Waals surface area contributed by atoms with Gasteiger partial charge in [-0.25, -0.2) is 8.42 Å². The highest BCUT2D eigenvalue weighted by Crippen LogP contribution is 2.41. The number of nitrogens with zero attached hydrogens (tertiary/aromatic N) is 2. The van der Waals surface area contributed by atoms with Gasteiger partial charge in [-0.3, -0.25) is 4.79 Å². The quantitative estimate of drug-likeness (QED) is 0.749. The molecule has 2 fully saturated rings. The number of carbonyl (C=O) groups excluding carboxylic acids is 1. The van der Waals surface area contributed by atoms with Crippen molar-refractivity contribution in [1.29, 1.82) is 0 Å². The van der Waals surface area contributed by atoms with E-state index in [4.69, 9.17) is 0 Å². The van der Waals surface area contributed by atoms with Crippen LogP contribution in [-0.4, -0.2) is 42.3 Å². The SMILES string of the molecule is Cc1cc(C)cc(N2C(=NC(=O)C(C)(C)C)SC3CS(=O)(=O)CC32)c1. The second-order valence-corrected chi connectivity index (χ2v) is 11.3. The van der Waals surface area contributed by atoms with Crippen LogP contribution in [0.3, 0.4) is 0 Å². The van der Waals surface area contributed by atoms with Crippen molar-refractivity contribution in [3.63, 3.8) is 0 Å². The Morgan fingerprint density at radius 2 is 1.76 bits per heavy atom. The van der Waals surface area contributed by atoms with Crippen LogP contribution in [0, 0.1) is 19.3 Å². The van der Waals surface area contributed by atoms with Crippen LogP contribution in [0.15, 0.2) is 23.2 Å². The van der Waals surface area contributed by atoms with Crippen molar-refractivity contribution in [2.24, 2.45) is 10.4 Å². The number of carbonyl (C=O) groups is 1. The molecule has 0 N–H and O–H groups in total. The highest BCUT2D eigenvalue weighted by Gasteiger charge is 2.49. The third kappa shape index (κ3) is 3.77. The molecule has 2 unspecified atom stereocenters. The third-order valence-corrected chi connectivity index (χ3v) is 7.60. The van der Waals surface area contributed by atoms with Crippen LogP contribution in [0.5, 0.6) is 0 Å². The van der Waals surface area contributed by atoms with Crippen molar-refractivity contribution in [3.05, 3.63) is 29.3 Å². The van der Waals surface area contributed by atoms with E-state index in [2.05, 4.69) is 11.1 Å². The number of aliphatic imine (C=N–C) groups is 1. The molecule has 5 nitrogen and oxygen atoms in total. The molecule has 0 aromatic heterocycles. The standard InChI is InChI=1S/C18H24N2O3S2/c1-11-6-12(2)8-13(7-11)20-14-9-25(22,23)10-15(14)24-17(20)19-16(21)18(3,4)5/h6-8,14-15H,9-10H2,1-5H3. The van der Waals surface area contributed by atoms with Crippen molar-refractivity contribution < 1.29 is 13.2 Å². The molecule has 136 valence electrons. The van der Waals surface area contributed by atoms with Crippen molar-refractivity contribution in [1.82, 2.24) is 0 Å². The monoisotopic (exact) mass is 380 g/mol. The maximum Gasteiger partial charge on any atom is 0.253 e. The molecule has 2 aliphatic heterocycles. The molecule has 2 heterocycles. The Balaban J connectivity index is 2.07. The number of thioether (sulfide) groups is 1. The summed E-state index contributed by atoms with van der Waals surface area (Å²) >= 11 is 1.42. The van der Waals surface area contributed by atoms with Gasteiger partial charge in [0.2, 0.25) is 0 Å². The van der Waals surface area contributed by atoms with Crippen LogP contribution in [0.1, 0.15) is 31.9 Å². The maximum atomic E-state index is 12.4. The number of amides is 1. The Bertz CT molecular complexity index is 833. The molecule has 2 aliphatic rings. The Kier molecular flexibility index (Phi) is 4.52. The Morgan fingerprint density at radius 3 is 2.32 bits per heavy atom. The van der Waals surface area contributed by atoms with Crippen LogP contribution in [0.2, 0.25) is 0 Å². The number of hydrogen-bond donors (Lipinski definition) is 0. The second-order valence-electron chi connectivity index (χ2n) is 7.97. The van der Waals surface area contributed by atoms with E-state index in [1.807, 2.05) is 51.7 Å². The molecular weight excluding hydrogens is 356 g/mol. The van der Waals surface area contributed by atoms with Crippen LogP contribution < -0.4 is 4.90 Å². The lowest BCUT2D eigenvalue weighted by Gasteiger charge is -2.26.